The lowest BCUT2D eigenvalue weighted by Crippen LogP contribution is -2.22. The van der Waals surface area contributed by atoms with E-state index >= 15 is 0 Å². The van der Waals surface area contributed by atoms with Gasteiger partial charge >= 0.3 is 0 Å². The molecule has 0 saturated heterocycles. The fourth-order valence-corrected chi connectivity index (χ4v) is 1.22. The molecular weight excluding hydrogens is 192 g/mol. The highest BCUT2D eigenvalue weighted by molar-refractivity contribution is 5.64. The lowest BCUT2D eigenvalue weighted by molar-refractivity contribution is -0.305. The van der Waals surface area contributed by atoms with Crippen LogP contribution in [0.1, 0.15) is 25.3 Å². The van der Waals surface area contributed by atoms with E-state index in [0.29, 0.717) is 13.0 Å². The van der Waals surface area contributed by atoms with Gasteiger partial charge in [0.05, 0.1) is 6.61 Å². The van der Waals surface area contributed by atoms with Crippen LogP contribution in [0.15, 0.2) is 24.3 Å². The minimum atomic E-state index is -1.01. The highest BCUT2D eigenvalue weighted by Gasteiger charge is 1.95. The molecule has 0 heterocycles. The number of aliphatic carboxylic acids is 1. The first-order valence-electron chi connectivity index (χ1n) is 5.14. The number of rotatable bonds is 6. The maximum absolute atomic E-state index is 10.2. The summed E-state index contributed by atoms with van der Waals surface area (Å²) in [6, 6.07) is 7.49. The van der Waals surface area contributed by atoms with Crippen LogP contribution in [0.25, 0.3) is 0 Å². The maximum Gasteiger partial charge on any atom is 0.119 e. The summed E-state index contributed by atoms with van der Waals surface area (Å²) in [5.41, 5.74) is 0.989. The zero-order valence-electron chi connectivity index (χ0n) is 8.86. The molecule has 0 amide bonds. The number of ether oxygens (including phenoxy) is 1. The second kappa shape index (κ2) is 6.06. The predicted molar refractivity (Wildman–Crippen MR) is 55.6 cm³/mol. The molecule has 0 aliphatic heterocycles. The lowest BCUT2D eigenvalue weighted by Gasteiger charge is -2.06. The third kappa shape index (κ3) is 4.49. The Kier molecular flexibility index (Phi) is 4.68. The van der Waals surface area contributed by atoms with E-state index in [2.05, 4.69) is 0 Å². The Labute approximate surface area is 89.7 Å². The van der Waals surface area contributed by atoms with E-state index in [9.17, 15) is 9.90 Å². The van der Waals surface area contributed by atoms with Crippen molar-refractivity contribution in [2.75, 3.05) is 6.61 Å². The third-order valence-electron chi connectivity index (χ3n) is 2.01. The van der Waals surface area contributed by atoms with Gasteiger partial charge < -0.3 is 14.6 Å². The Bertz CT molecular complexity index is 303. The summed E-state index contributed by atoms with van der Waals surface area (Å²) in [7, 11) is 0. The van der Waals surface area contributed by atoms with Gasteiger partial charge in [-0.05, 0) is 37.0 Å². The smallest absolute Gasteiger partial charge is 0.119 e. The molecule has 0 aliphatic carbocycles. The van der Waals surface area contributed by atoms with Crippen molar-refractivity contribution >= 4 is 5.97 Å². The minimum absolute atomic E-state index is 0.0646. The topological polar surface area (TPSA) is 49.4 Å². The van der Waals surface area contributed by atoms with E-state index < -0.39 is 5.97 Å². The molecule has 1 aromatic rings. The highest BCUT2D eigenvalue weighted by atomic mass is 16.5. The summed E-state index contributed by atoms with van der Waals surface area (Å²) in [5.74, 6) is -0.185. The molecule has 0 aromatic heterocycles. The van der Waals surface area contributed by atoms with Gasteiger partial charge in [0.2, 0.25) is 0 Å². The first kappa shape index (κ1) is 11.6. The number of hydrogen-bond donors (Lipinski definition) is 0. The van der Waals surface area contributed by atoms with Gasteiger partial charge in [-0.25, -0.2) is 0 Å². The molecule has 0 atom stereocenters. The standard InChI is InChI=1S/C12H16O3/c1-2-9-15-11-6-3-10(4-7-11)5-8-12(13)14/h3-4,6-7H,2,5,8-9H2,1H3,(H,13,14)/p-1. The van der Waals surface area contributed by atoms with E-state index in [-0.39, 0.29) is 6.42 Å². The van der Waals surface area contributed by atoms with Gasteiger partial charge in [0, 0.05) is 5.97 Å². The predicted octanol–water partition coefficient (Wildman–Crippen LogP) is 1.16. The van der Waals surface area contributed by atoms with Crippen LogP contribution in [-0.4, -0.2) is 12.6 Å². The normalized spacial score (nSPS) is 9.93. The third-order valence-corrected chi connectivity index (χ3v) is 2.01. The van der Waals surface area contributed by atoms with Crippen molar-refractivity contribution in [3.8, 4) is 5.75 Å². The SMILES string of the molecule is CCCOc1ccc(CCC(=O)[O-])cc1. The second-order valence-electron chi connectivity index (χ2n) is 3.36. The second-order valence-corrected chi connectivity index (χ2v) is 3.36. The van der Waals surface area contributed by atoms with Crippen LogP contribution in [0.5, 0.6) is 5.75 Å². The van der Waals surface area contributed by atoms with Crippen LogP contribution in [-0.2, 0) is 11.2 Å². The number of aryl methyl sites for hydroxylation is 1. The maximum atomic E-state index is 10.2. The molecule has 82 valence electrons. The van der Waals surface area contributed by atoms with E-state index in [4.69, 9.17) is 4.74 Å². The number of hydrogen-bond acceptors (Lipinski definition) is 3. The molecule has 15 heavy (non-hydrogen) atoms. The van der Waals surface area contributed by atoms with Gasteiger partial charge in [-0.15, -0.1) is 0 Å². The molecule has 0 unspecified atom stereocenters. The zero-order valence-corrected chi connectivity index (χ0v) is 8.86. The molecule has 0 saturated carbocycles. The minimum Gasteiger partial charge on any atom is -0.550 e. The fourth-order valence-electron chi connectivity index (χ4n) is 1.22. The van der Waals surface area contributed by atoms with Crippen molar-refractivity contribution in [3.05, 3.63) is 29.8 Å². The van der Waals surface area contributed by atoms with Gasteiger partial charge in [-0.2, -0.15) is 0 Å². The van der Waals surface area contributed by atoms with E-state index in [1.165, 1.54) is 0 Å². The quantitative estimate of drug-likeness (QED) is 0.703. The monoisotopic (exact) mass is 207 g/mol. The van der Waals surface area contributed by atoms with Crippen molar-refractivity contribution in [1.82, 2.24) is 0 Å². The van der Waals surface area contributed by atoms with Crippen molar-refractivity contribution in [3.63, 3.8) is 0 Å². The molecule has 0 radical (unpaired) electrons. The van der Waals surface area contributed by atoms with Crippen LogP contribution in [0.4, 0.5) is 0 Å². The van der Waals surface area contributed by atoms with E-state index in [1.807, 2.05) is 31.2 Å². The largest absolute Gasteiger partial charge is 0.550 e. The van der Waals surface area contributed by atoms with Crippen molar-refractivity contribution in [2.24, 2.45) is 0 Å². The van der Waals surface area contributed by atoms with Gasteiger partial charge in [0.25, 0.3) is 0 Å². The lowest BCUT2D eigenvalue weighted by atomic mass is 10.1. The molecule has 1 aromatic carbocycles. The van der Waals surface area contributed by atoms with Crippen molar-refractivity contribution in [1.29, 1.82) is 0 Å². The molecule has 0 aliphatic rings. The van der Waals surface area contributed by atoms with Crippen LogP contribution in [0, 0.1) is 0 Å². The first-order valence-corrected chi connectivity index (χ1v) is 5.14. The molecule has 0 N–H and O–H groups in total. The van der Waals surface area contributed by atoms with Crippen molar-refractivity contribution in [2.45, 2.75) is 26.2 Å². The van der Waals surface area contributed by atoms with Gasteiger partial charge in [0.1, 0.15) is 5.75 Å². The van der Waals surface area contributed by atoms with Crippen LogP contribution in [0.2, 0.25) is 0 Å². The summed E-state index contributed by atoms with van der Waals surface area (Å²) < 4.78 is 5.41. The summed E-state index contributed by atoms with van der Waals surface area (Å²) >= 11 is 0. The van der Waals surface area contributed by atoms with Gasteiger partial charge in [0.15, 0.2) is 0 Å². The molecule has 0 bridgehead atoms. The van der Waals surface area contributed by atoms with Gasteiger partial charge in [-0.1, -0.05) is 19.1 Å². The molecule has 0 fully saturated rings. The van der Waals surface area contributed by atoms with Crippen LogP contribution < -0.4 is 9.84 Å². The average molecular weight is 207 g/mol. The highest BCUT2D eigenvalue weighted by Crippen LogP contribution is 2.13. The summed E-state index contributed by atoms with van der Waals surface area (Å²) in [4.78, 5) is 10.2. The van der Waals surface area contributed by atoms with Crippen molar-refractivity contribution < 1.29 is 14.6 Å². The first-order chi connectivity index (χ1) is 7.22. The van der Waals surface area contributed by atoms with Crippen LogP contribution in [0.3, 0.4) is 0 Å². The summed E-state index contributed by atoms with van der Waals surface area (Å²) in [6.07, 6.45) is 1.55. The molecular formula is C12H15O3-. The number of carbonyl (C=O) groups excluding carboxylic acids is 1. The summed E-state index contributed by atoms with van der Waals surface area (Å²) in [6.45, 7) is 2.76. The van der Waals surface area contributed by atoms with Crippen LogP contribution >= 0.6 is 0 Å². The molecule has 0 spiro atoms. The molecule has 3 heteroatoms. The van der Waals surface area contributed by atoms with E-state index in [1.54, 1.807) is 0 Å². The molecule has 1 rings (SSSR count). The number of carboxylic acids is 1. The zero-order chi connectivity index (χ0) is 11.1. The van der Waals surface area contributed by atoms with Gasteiger partial charge in [-0.3, -0.25) is 0 Å². The Balaban J connectivity index is 2.45. The fraction of sp³-hybridized carbons (Fsp3) is 0.417. The summed E-state index contributed by atoms with van der Waals surface area (Å²) in [5, 5.41) is 10.2. The van der Waals surface area contributed by atoms with E-state index in [0.717, 1.165) is 17.7 Å². The number of carbonyl (C=O) groups is 1. The Morgan fingerprint density at radius 2 is 2.00 bits per heavy atom. The molecule has 3 nitrogen and oxygen atoms in total. The average Bonchev–Trinajstić information content (AvgIpc) is 2.25. The number of carboxylic acid groups (broad SMARTS) is 1. The Morgan fingerprint density at radius 1 is 1.33 bits per heavy atom. The Hall–Kier alpha value is -1.51. The Morgan fingerprint density at radius 3 is 2.53 bits per heavy atom. The number of benzene rings is 1.